The van der Waals surface area contributed by atoms with E-state index in [0.29, 0.717) is 5.69 Å². The highest BCUT2D eigenvalue weighted by molar-refractivity contribution is 5.93. The number of aromatic hydroxyl groups is 1. The average Bonchev–Trinajstić information content (AvgIpc) is 2.55. The third kappa shape index (κ3) is 5.84. The van der Waals surface area contributed by atoms with Crippen LogP contribution in [0, 0.1) is 6.92 Å². The summed E-state index contributed by atoms with van der Waals surface area (Å²) in [6, 6.07) is 12.5. The number of amides is 2. The molecule has 0 bridgehead atoms. The fourth-order valence-electron chi connectivity index (χ4n) is 2.79. The number of anilines is 1. The van der Waals surface area contributed by atoms with Gasteiger partial charge in [-0.15, -0.1) is 0 Å². The molecule has 2 aromatic rings. The van der Waals surface area contributed by atoms with Gasteiger partial charge in [0.25, 0.3) is 0 Å². The van der Waals surface area contributed by atoms with Crippen molar-refractivity contribution in [3.63, 3.8) is 0 Å². The van der Waals surface area contributed by atoms with E-state index in [1.165, 1.54) is 6.92 Å². The van der Waals surface area contributed by atoms with Crippen molar-refractivity contribution < 1.29 is 14.7 Å². The summed E-state index contributed by atoms with van der Waals surface area (Å²) in [7, 11) is 0. The van der Waals surface area contributed by atoms with Crippen LogP contribution in [0.4, 0.5) is 5.69 Å². The van der Waals surface area contributed by atoms with Gasteiger partial charge in [-0.25, -0.2) is 0 Å². The number of carbonyl (C=O) groups is 2. The Morgan fingerprint density at radius 2 is 1.70 bits per heavy atom. The summed E-state index contributed by atoms with van der Waals surface area (Å²) in [5, 5.41) is 15.7. The first kappa shape index (κ1) is 20.5. The number of aryl methyl sites for hydroxylation is 1. The molecule has 1 atom stereocenters. The molecule has 3 N–H and O–H groups in total. The first-order chi connectivity index (χ1) is 12.6. The Balaban J connectivity index is 2.18. The molecule has 2 rings (SSSR count). The largest absolute Gasteiger partial charge is 0.506 e. The second-order valence-electron chi connectivity index (χ2n) is 7.90. The van der Waals surface area contributed by atoms with Crippen molar-refractivity contribution in [2.45, 2.75) is 52.5 Å². The highest BCUT2D eigenvalue weighted by Crippen LogP contribution is 2.31. The van der Waals surface area contributed by atoms with Gasteiger partial charge in [-0.1, -0.05) is 56.7 Å². The summed E-state index contributed by atoms with van der Waals surface area (Å²) < 4.78 is 0. The zero-order valence-corrected chi connectivity index (χ0v) is 16.6. The number of benzene rings is 2. The van der Waals surface area contributed by atoms with Crippen LogP contribution in [-0.4, -0.2) is 16.9 Å². The zero-order valence-electron chi connectivity index (χ0n) is 16.6. The van der Waals surface area contributed by atoms with E-state index in [9.17, 15) is 14.7 Å². The number of phenolic OH excluding ortho intramolecular Hbond substituents is 1. The van der Waals surface area contributed by atoms with E-state index < -0.39 is 6.04 Å². The van der Waals surface area contributed by atoms with Crippen molar-refractivity contribution in [3.8, 4) is 5.75 Å². The molecule has 0 heterocycles. The first-order valence-electron chi connectivity index (χ1n) is 9.03. The summed E-state index contributed by atoms with van der Waals surface area (Å²) in [4.78, 5) is 24.1. The van der Waals surface area contributed by atoms with E-state index in [1.54, 1.807) is 12.1 Å². The minimum Gasteiger partial charge on any atom is -0.506 e. The van der Waals surface area contributed by atoms with Crippen LogP contribution < -0.4 is 10.6 Å². The SMILES string of the molecule is CC(=O)NC(CC(=O)Nc1cc(C(C)(C)C)ccc1O)c1ccc(C)cc1. The minimum atomic E-state index is -0.434. The quantitative estimate of drug-likeness (QED) is 0.692. The number of hydrogen-bond acceptors (Lipinski definition) is 3. The molecule has 0 spiro atoms. The smallest absolute Gasteiger partial charge is 0.226 e. The lowest BCUT2D eigenvalue weighted by molar-refractivity contribution is -0.120. The molecule has 0 aromatic heterocycles. The molecule has 0 aliphatic rings. The molecule has 0 saturated carbocycles. The third-order valence-electron chi connectivity index (χ3n) is 4.38. The normalized spacial score (nSPS) is 12.3. The lowest BCUT2D eigenvalue weighted by Crippen LogP contribution is -2.29. The lowest BCUT2D eigenvalue weighted by Gasteiger charge is -2.21. The Morgan fingerprint density at radius 1 is 1.07 bits per heavy atom. The highest BCUT2D eigenvalue weighted by atomic mass is 16.3. The van der Waals surface area contributed by atoms with Gasteiger partial charge in [0.2, 0.25) is 11.8 Å². The standard InChI is InChI=1S/C22H28N2O3/c1-14-6-8-16(9-7-14)18(23-15(2)25)13-21(27)24-19-12-17(22(3,4)5)10-11-20(19)26/h6-12,18,26H,13H2,1-5H3,(H,23,25)(H,24,27). The van der Waals surface area contributed by atoms with Crippen LogP contribution >= 0.6 is 0 Å². The zero-order chi connectivity index (χ0) is 20.2. The molecule has 0 saturated heterocycles. The van der Waals surface area contributed by atoms with Gasteiger partial charge in [0.05, 0.1) is 18.2 Å². The van der Waals surface area contributed by atoms with Gasteiger partial charge in [-0.05, 0) is 35.6 Å². The van der Waals surface area contributed by atoms with E-state index >= 15 is 0 Å². The van der Waals surface area contributed by atoms with Crippen molar-refractivity contribution in [1.82, 2.24) is 5.32 Å². The van der Waals surface area contributed by atoms with Crippen LogP contribution in [0.1, 0.15) is 56.8 Å². The molecule has 0 fully saturated rings. The molecular formula is C22H28N2O3. The number of phenols is 1. The third-order valence-corrected chi connectivity index (χ3v) is 4.38. The number of rotatable bonds is 5. The molecule has 27 heavy (non-hydrogen) atoms. The van der Waals surface area contributed by atoms with Gasteiger partial charge in [-0.2, -0.15) is 0 Å². The van der Waals surface area contributed by atoms with Crippen LogP contribution in [0.25, 0.3) is 0 Å². The Hall–Kier alpha value is -2.82. The number of carbonyl (C=O) groups excluding carboxylic acids is 2. The minimum absolute atomic E-state index is 0.0164. The molecule has 5 heteroatoms. The van der Waals surface area contributed by atoms with Gasteiger partial charge >= 0.3 is 0 Å². The van der Waals surface area contributed by atoms with Crippen LogP contribution in [0.2, 0.25) is 0 Å². The molecule has 0 aliphatic carbocycles. The van der Waals surface area contributed by atoms with Crippen molar-refractivity contribution in [2.24, 2.45) is 0 Å². The van der Waals surface area contributed by atoms with Gasteiger partial charge in [-0.3, -0.25) is 9.59 Å². The van der Waals surface area contributed by atoms with Crippen molar-refractivity contribution >= 4 is 17.5 Å². The van der Waals surface area contributed by atoms with Crippen molar-refractivity contribution in [2.75, 3.05) is 5.32 Å². The molecule has 2 aromatic carbocycles. The van der Waals surface area contributed by atoms with Gasteiger partial charge in [0.1, 0.15) is 5.75 Å². The topological polar surface area (TPSA) is 78.4 Å². The first-order valence-corrected chi connectivity index (χ1v) is 9.03. The maximum absolute atomic E-state index is 12.6. The second-order valence-corrected chi connectivity index (χ2v) is 7.90. The molecule has 2 amide bonds. The maximum Gasteiger partial charge on any atom is 0.226 e. The van der Waals surface area contributed by atoms with E-state index in [-0.39, 0.29) is 29.4 Å². The Labute approximate surface area is 160 Å². The van der Waals surface area contributed by atoms with Crippen molar-refractivity contribution in [1.29, 1.82) is 0 Å². The molecular weight excluding hydrogens is 340 g/mol. The fraction of sp³-hybridized carbons (Fsp3) is 0.364. The molecule has 5 nitrogen and oxygen atoms in total. The van der Waals surface area contributed by atoms with Crippen molar-refractivity contribution in [3.05, 3.63) is 59.2 Å². The summed E-state index contributed by atoms with van der Waals surface area (Å²) in [5.41, 5.74) is 3.24. The predicted molar refractivity (Wildman–Crippen MR) is 108 cm³/mol. The van der Waals surface area contributed by atoms with E-state index in [1.807, 2.05) is 37.3 Å². The molecule has 144 valence electrons. The number of hydrogen-bond donors (Lipinski definition) is 3. The molecule has 0 radical (unpaired) electrons. The van der Waals surface area contributed by atoms with E-state index in [2.05, 4.69) is 31.4 Å². The molecule has 1 unspecified atom stereocenters. The Kier molecular flexibility index (Phi) is 6.26. The van der Waals surface area contributed by atoms with Gasteiger partial charge in [0, 0.05) is 6.92 Å². The van der Waals surface area contributed by atoms with E-state index in [4.69, 9.17) is 0 Å². The monoisotopic (exact) mass is 368 g/mol. The summed E-state index contributed by atoms with van der Waals surface area (Å²) in [5.74, 6) is -0.468. The molecule has 0 aliphatic heterocycles. The van der Waals surface area contributed by atoms with Crippen LogP contribution in [-0.2, 0) is 15.0 Å². The van der Waals surface area contributed by atoms with E-state index in [0.717, 1.165) is 16.7 Å². The summed E-state index contributed by atoms with van der Waals surface area (Å²) in [6.07, 6.45) is 0.0713. The average molecular weight is 368 g/mol. The summed E-state index contributed by atoms with van der Waals surface area (Å²) >= 11 is 0. The fourth-order valence-corrected chi connectivity index (χ4v) is 2.79. The van der Waals surface area contributed by atoms with Crippen LogP contribution in [0.3, 0.4) is 0 Å². The Bertz CT molecular complexity index is 820. The van der Waals surface area contributed by atoms with Crippen LogP contribution in [0.5, 0.6) is 5.75 Å². The second kappa shape index (κ2) is 8.25. The highest BCUT2D eigenvalue weighted by Gasteiger charge is 2.20. The lowest BCUT2D eigenvalue weighted by atomic mass is 9.87. The predicted octanol–water partition coefficient (Wildman–Crippen LogP) is 4.20. The maximum atomic E-state index is 12.6. The summed E-state index contributed by atoms with van der Waals surface area (Å²) in [6.45, 7) is 9.60. The Morgan fingerprint density at radius 3 is 2.26 bits per heavy atom. The van der Waals surface area contributed by atoms with Gasteiger partial charge < -0.3 is 15.7 Å². The van der Waals surface area contributed by atoms with Crippen LogP contribution in [0.15, 0.2) is 42.5 Å². The number of nitrogens with one attached hydrogen (secondary N) is 2. The van der Waals surface area contributed by atoms with Gasteiger partial charge in [0.15, 0.2) is 0 Å².